The summed E-state index contributed by atoms with van der Waals surface area (Å²) < 4.78 is 0. The Morgan fingerprint density at radius 1 is 1.02 bits per heavy atom. The number of nitrogens with zero attached hydrogens (tertiary/aromatic N) is 6. The third-order valence-corrected chi connectivity index (χ3v) is 9.25. The number of para-hydroxylation sites is 1. The van der Waals surface area contributed by atoms with E-state index in [1.54, 1.807) is 23.5 Å². The summed E-state index contributed by atoms with van der Waals surface area (Å²) in [6, 6.07) is 11.8. The molecule has 6 heterocycles. The van der Waals surface area contributed by atoms with E-state index < -0.39 is 11.5 Å². The molecule has 2 aromatic heterocycles. The summed E-state index contributed by atoms with van der Waals surface area (Å²) in [5.74, 6) is -0.215. The lowest BCUT2D eigenvalue weighted by molar-refractivity contribution is -0.139. The van der Waals surface area contributed by atoms with Crippen LogP contribution in [0.3, 0.4) is 0 Å². The SMILES string of the molecule is Cc1nc(-c2cccnc2)ncc1C(=O)N1CCCNC(=O)[C@@H]2C[C@@H]3CCCN3[C@@]23C(=O)N(CC1)c1ccccc13. The molecule has 4 aliphatic heterocycles. The van der Waals surface area contributed by atoms with E-state index in [-0.39, 0.29) is 23.8 Å². The molecular weight excluding hydrogens is 518 g/mol. The van der Waals surface area contributed by atoms with E-state index in [0.717, 1.165) is 36.2 Å². The Bertz CT molecular complexity index is 1530. The van der Waals surface area contributed by atoms with Crippen molar-refractivity contribution < 1.29 is 14.4 Å². The number of aryl methyl sites for hydroxylation is 1. The number of carbonyl (C=O) groups excluding carboxylic acids is 3. The number of pyridine rings is 1. The fourth-order valence-corrected chi connectivity index (χ4v) is 7.40. The first-order valence-corrected chi connectivity index (χ1v) is 14.5. The van der Waals surface area contributed by atoms with Crippen LogP contribution in [0.1, 0.15) is 47.3 Å². The van der Waals surface area contributed by atoms with Gasteiger partial charge in [0.25, 0.3) is 11.8 Å². The highest BCUT2D eigenvalue weighted by Gasteiger charge is 2.67. The Kier molecular flexibility index (Phi) is 6.30. The number of fused-ring (bicyclic) bond motifs is 4. The predicted molar refractivity (Wildman–Crippen MR) is 152 cm³/mol. The van der Waals surface area contributed by atoms with Crippen LogP contribution in [0.15, 0.2) is 55.0 Å². The highest BCUT2D eigenvalue weighted by Crippen LogP contribution is 2.57. The molecule has 2 bridgehead atoms. The summed E-state index contributed by atoms with van der Waals surface area (Å²) in [5.41, 5.74) is 2.56. The van der Waals surface area contributed by atoms with Crippen LogP contribution in [0.2, 0.25) is 0 Å². The van der Waals surface area contributed by atoms with Crippen molar-refractivity contribution in [3.05, 3.63) is 71.8 Å². The maximum absolute atomic E-state index is 14.5. The molecule has 1 spiro atoms. The number of nitrogens with one attached hydrogen (secondary N) is 1. The van der Waals surface area contributed by atoms with Crippen molar-refractivity contribution >= 4 is 23.4 Å². The summed E-state index contributed by atoms with van der Waals surface area (Å²) in [4.78, 5) is 61.1. The molecule has 210 valence electrons. The van der Waals surface area contributed by atoms with Gasteiger partial charge in [-0.2, -0.15) is 0 Å². The van der Waals surface area contributed by atoms with E-state index >= 15 is 0 Å². The van der Waals surface area contributed by atoms with Crippen LogP contribution in [0.5, 0.6) is 0 Å². The van der Waals surface area contributed by atoms with Gasteiger partial charge >= 0.3 is 0 Å². The van der Waals surface area contributed by atoms with Crippen LogP contribution in [0.25, 0.3) is 11.4 Å². The van der Waals surface area contributed by atoms with E-state index in [1.165, 1.54) is 0 Å². The third kappa shape index (κ3) is 3.95. The smallest absolute Gasteiger partial charge is 0.257 e. The molecule has 3 fully saturated rings. The molecule has 0 unspecified atom stereocenters. The van der Waals surface area contributed by atoms with E-state index in [9.17, 15) is 14.4 Å². The largest absolute Gasteiger partial charge is 0.356 e. The molecule has 3 saturated heterocycles. The predicted octanol–water partition coefficient (Wildman–Crippen LogP) is 2.54. The van der Waals surface area contributed by atoms with Crippen molar-refractivity contribution in [1.29, 1.82) is 0 Å². The highest BCUT2D eigenvalue weighted by atomic mass is 16.2. The van der Waals surface area contributed by atoms with Gasteiger partial charge in [-0.1, -0.05) is 18.2 Å². The van der Waals surface area contributed by atoms with Gasteiger partial charge in [0.05, 0.1) is 17.2 Å². The molecule has 10 heteroatoms. The summed E-state index contributed by atoms with van der Waals surface area (Å²) in [5, 5.41) is 3.12. The van der Waals surface area contributed by atoms with Gasteiger partial charge < -0.3 is 15.1 Å². The minimum Gasteiger partial charge on any atom is -0.356 e. The zero-order chi connectivity index (χ0) is 28.1. The number of anilines is 1. The van der Waals surface area contributed by atoms with Crippen molar-refractivity contribution in [2.24, 2.45) is 5.92 Å². The number of hydrogen-bond acceptors (Lipinski definition) is 7. The Balaban J connectivity index is 1.22. The lowest BCUT2D eigenvalue weighted by atomic mass is 9.78. The first-order valence-electron chi connectivity index (χ1n) is 14.5. The second-order valence-electron chi connectivity index (χ2n) is 11.4. The number of carbonyl (C=O) groups is 3. The van der Waals surface area contributed by atoms with Gasteiger partial charge in [0.15, 0.2) is 5.82 Å². The van der Waals surface area contributed by atoms with E-state index in [4.69, 9.17) is 0 Å². The summed E-state index contributed by atoms with van der Waals surface area (Å²) in [6.45, 7) is 4.21. The second kappa shape index (κ2) is 10.0. The third-order valence-electron chi connectivity index (χ3n) is 9.25. The second-order valence-corrected chi connectivity index (χ2v) is 11.4. The maximum atomic E-state index is 14.5. The highest BCUT2D eigenvalue weighted by molar-refractivity contribution is 6.11. The molecule has 41 heavy (non-hydrogen) atoms. The zero-order valence-corrected chi connectivity index (χ0v) is 23.1. The minimum atomic E-state index is -0.984. The Morgan fingerprint density at radius 3 is 2.73 bits per heavy atom. The van der Waals surface area contributed by atoms with Crippen molar-refractivity contribution in [1.82, 2.24) is 30.1 Å². The number of rotatable bonds is 2. The van der Waals surface area contributed by atoms with Crippen LogP contribution in [-0.2, 0) is 15.1 Å². The number of benzene rings is 1. The molecule has 4 aliphatic rings. The van der Waals surface area contributed by atoms with Gasteiger partial charge in [-0.15, -0.1) is 0 Å². The standard InChI is InChI=1S/C31H33N7O3/c1-20-23(19-34-27(35-20)21-7-4-11-32-18-21)29(40)36-13-6-12-33-28(39)25-17-22-8-5-14-38(22)31(25)24-9-2-3-10-26(24)37(16-15-36)30(31)41/h2-4,7,9-11,18-19,22,25H,5-6,8,12-17H2,1H3,(H,33,39)/t22-,25-,31+/m0/s1. The molecule has 0 aliphatic carbocycles. The van der Waals surface area contributed by atoms with Crippen molar-refractivity contribution in [3.8, 4) is 11.4 Å². The first kappa shape index (κ1) is 25.8. The molecule has 3 aromatic rings. The number of hydrogen-bond donors (Lipinski definition) is 1. The van der Waals surface area contributed by atoms with Gasteiger partial charge in [0.2, 0.25) is 5.91 Å². The van der Waals surface area contributed by atoms with Crippen LogP contribution < -0.4 is 10.2 Å². The summed E-state index contributed by atoms with van der Waals surface area (Å²) >= 11 is 0. The van der Waals surface area contributed by atoms with E-state index in [1.807, 2.05) is 48.2 Å². The fourth-order valence-electron chi connectivity index (χ4n) is 7.40. The number of aromatic nitrogens is 3. The van der Waals surface area contributed by atoms with Gasteiger partial charge in [0, 0.05) is 67.6 Å². The van der Waals surface area contributed by atoms with Gasteiger partial charge in [-0.25, -0.2) is 9.97 Å². The molecule has 1 N–H and O–H groups in total. The van der Waals surface area contributed by atoms with E-state index in [2.05, 4.69) is 25.2 Å². The Morgan fingerprint density at radius 2 is 1.90 bits per heavy atom. The van der Waals surface area contributed by atoms with Crippen LogP contribution in [0.4, 0.5) is 5.69 Å². The Hall–Kier alpha value is -4.18. The van der Waals surface area contributed by atoms with Crippen LogP contribution in [0, 0.1) is 12.8 Å². The normalized spacial score (nSPS) is 26.1. The molecular formula is C31H33N7O3. The topological polar surface area (TPSA) is 112 Å². The van der Waals surface area contributed by atoms with Crippen molar-refractivity contribution in [2.75, 3.05) is 37.6 Å². The maximum Gasteiger partial charge on any atom is 0.257 e. The summed E-state index contributed by atoms with van der Waals surface area (Å²) in [7, 11) is 0. The molecule has 3 amide bonds. The monoisotopic (exact) mass is 551 g/mol. The average molecular weight is 552 g/mol. The minimum absolute atomic E-state index is 0.0449. The zero-order valence-electron chi connectivity index (χ0n) is 23.1. The average Bonchev–Trinajstić information content (AvgIpc) is 3.65. The van der Waals surface area contributed by atoms with Gasteiger partial charge in [0.1, 0.15) is 5.54 Å². The molecule has 7 rings (SSSR count). The molecule has 10 nitrogen and oxygen atoms in total. The van der Waals surface area contributed by atoms with E-state index in [0.29, 0.717) is 56.1 Å². The lowest BCUT2D eigenvalue weighted by Crippen LogP contribution is -2.57. The lowest BCUT2D eigenvalue weighted by Gasteiger charge is -2.38. The fraction of sp³-hybridized carbons (Fsp3) is 0.419. The van der Waals surface area contributed by atoms with Crippen molar-refractivity contribution in [3.63, 3.8) is 0 Å². The first-order chi connectivity index (χ1) is 20.0. The number of amides is 3. The summed E-state index contributed by atoms with van der Waals surface area (Å²) in [6.07, 6.45) is 8.29. The van der Waals surface area contributed by atoms with Crippen LogP contribution >= 0.6 is 0 Å². The molecule has 1 aromatic carbocycles. The van der Waals surface area contributed by atoms with Crippen LogP contribution in [-0.4, -0.2) is 81.2 Å². The molecule has 3 atom stereocenters. The van der Waals surface area contributed by atoms with Gasteiger partial charge in [-0.05, 0) is 57.4 Å². The Labute approximate surface area is 238 Å². The quantitative estimate of drug-likeness (QED) is 0.521. The molecule has 0 radical (unpaired) electrons. The van der Waals surface area contributed by atoms with Gasteiger partial charge in [-0.3, -0.25) is 24.3 Å². The van der Waals surface area contributed by atoms with Crippen molar-refractivity contribution in [2.45, 2.75) is 44.2 Å². The molecule has 0 saturated carbocycles.